The maximum absolute atomic E-state index is 10.9. The van der Waals surface area contributed by atoms with Crippen LogP contribution in [0.5, 0.6) is 0 Å². The first-order valence-corrected chi connectivity index (χ1v) is 4.51. The zero-order valence-electron chi connectivity index (χ0n) is 7.92. The number of para-hydroxylation sites is 1. The van der Waals surface area contributed by atoms with Crippen molar-refractivity contribution in [1.29, 1.82) is 0 Å². The highest BCUT2D eigenvalue weighted by atomic mass is 16.5. The van der Waals surface area contributed by atoms with Gasteiger partial charge in [-0.25, -0.2) is 0 Å². The molecule has 1 saturated heterocycles. The van der Waals surface area contributed by atoms with E-state index in [1.165, 1.54) is 4.90 Å². The van der Waals surface area contributed by atoms with Crippen molar-refractivity contribution in [1.82, 2.24) is 5.32 Å². The number of hydrogen-bond donors (Lipinski definition) is 1. The second-order valence-electron chi connectivity index (χ2n) is 3.08. The highest BCUT2D eigenvalue weighted by Crippen LogP contribution is 2.15. The average molecular weight is 206 g/mol. The summed E-state index contributed by atoms with van der Waals surface area (Å²) in [7, 11) is 0. The summed E-state index contributed by atoms with van der Waals surface area (Å²) < 4.78 is 5.11. The van der Waals surface area contributed by atoms with Gasteiger partial charge in [0.15, 0.2) is 0 Å². The Hall–Kier alpha value is -1.88. The van der Waals surface area contributed by atoms with E-state index in [9.17, 15) is 9.59 Å². The van der Waals surface area contributed by atoms with Gasteiger partial charge >= 0.3 is 0 Å². The van der Waals surface area contributed by atoms with Crippen molar-refractivity contribution in [3.63, 3.8) is 0 Å². The van der Waals surface area contributed by atoms with Crippen LogP contribution in [0.25, 0.3) is 0 Å². The summed E-state index contributed by atoms with van der Waals surface area (Å²) in [6, 6.07) is 9.00. The van der Waals surface area contributed by atoms with Crippen molar-refractivity contribution in [2.45, 2.75) is 6.35 Å². The molecule has 0 aromatic heterocycles. The number of carbonyl (C=O) groups excluding carboxylic acids is 2. The molecule has 1 heterocycles. The van der Waals surface area contributed by atoms with E-state index in [0.29, 0.717) is 12.1 Å². The van der Waals surface area contributed by atoms with Gasteiger partial charge in [-0.2, -0.15) is 0 Å². The molecule has 5 heteroatoms. The summed E-state index contributed by atoms with van der Waals surface area (Å²) in [6.45, 7) is -0.0121. The van der Waals surface area contributed by atoms with Gasteiger partial charge < -0.3 is 10.1 Å². The second-order valence-corrected chi connectivity index (χ2v) is 3.08. The van der Waals surface area contributed by atoms with Crippen molar-refractivity contribution in [3.05, 3.63) is 30.3 Å². The van der Waals surface area contributed by atoms with Crippen molar-refractivity contribution in [3.8, 4) is 0 Å². The van der Waals surface area contributed by atoms with E-state index in [1.807, 2.05) is 18.2 Å². The molecule has 0 bridgehead atoms. The molecule has 2 rings (SSSR count). The topological polar surface area (TPSA) is 58.6 Å². The van der Waals surface area contributed by atoms with Crippen LogP contribution in [0.15, 0.2) is 30.3 Å². The van der Waals surface area contributed by atoms with Gasteiger partial charge in [-0.15, -0.1) is 0 Å². The van der Waals surface area contributed by atoms with Crippen LogP contribution < -0.4 is 10.2 Å². The Labute approximate surface area is 86.6 Å². The number of hydrogen-bond acceptors (Lipinski definition) is 3. The molecule has 0 saturated carbocycles. The molecule has 0 radical (unpaired) electrons. The van der Waals surface area contributed by atoms with E-state index in [0.717, 1.165) is 0 Å². The van der Waals surface area contributed by atoms with Gasteiger partial charge in [0.2, 0.25) is 18.7 Å². The number of carbonyl (C=O) groups is 2. The number of ether oxygens (including phenoxy) is 1. The fourth-order valence-electron chi connectivity index (χ4n) is 1.38. The molecule has 15 heavy (non-hydrogen) atoms. The summed E-state index contributed by atoms with van der Waals surface area (Å²) >= 11 is 0. The van der Waals surface area contributed by atoms with Gasteiger partial charge in [-0.3, -0.25) is 14.5 Å². The summed E-state index contributed by atoms with van der Waals surface area (Å²) in [5, 5.41) is 2.54. The van der Waals surface area contributed by atoms with Crippen LogP contribution >= 0.6 is 0 Å². The van der Waals surface area contributed by atoms with Gasteiger partial charge in [0.05, 0.1) is 0 Å². The molecule has 1 unspecified atom stereocenters. The highest BCUT2D eigenvalue weighted by molar-refractivity contribution is 5.82. The molecule has 1 N–H and O–H groups in total. The van der Waals surface area contributed by atoms with Crippen molar-refractivity contribution >= 4 is 18.0 Å². The Morgan fingerprint density at radius 1 is 1.40 bits per heavy atom. The third-order valence-corrected chi connectivity index (χ3v) is 2.08. The van der Waals surface area contributed by atoms with E-state index in [2.05, 4.69) is 5.32 Å². The quantitative estimate of drug-likeness (QED) is 0.712. The standard InChI is InChI=1S/C10H10N2O3/c13-7-12(8-4-2-1-3-5-8)10-11-9(14)6-15-10/h1-5,7,10H,6H2,(H,11,14). The number of anilines is 1. The monoisotopic (exact) mass is 206 g/mol. The molecule has 2 amide bonds. The lowest BCUT2D eigenvalue weighted by molar-refractivity contribution is -0.119. The Morgan fingerprint density at radius 3 is 2.67 bits per heavy atom. The Kier molecular flexibility index (Phi) is 2.64. The number of amides is 2. The van der Waals surface area contributed by atoms with Crippen LogP contribution in [0.3, 0.4) is 0 Å². The minimum atomic E-state index is -0.697. The van der Waals surface area contributed by atoms with Crippen molar-refractivity contribution in [2.75, 3.05) is 11.5 Å². The van der Waals surface area contributed by atoms with Crippen molar-refractivity contribution in [2.24, 2.45) is 0 Å². The molecule has 1 aromatic carbocycles. The molecule has 5 nitrogen and oxygen atoms in total. The third-order valence-electron chi connectivity index (χ3n) is 2.08. The predicted molar refractivity (Wildman–Crippen MR) is 52.9 cm³/mol. The van der Waals surface area contributed by atoms with E-state index in [1.54, 1.807) is 12.1 Å². The lowest BCUT2D eigenvalue weighted by Gasteiger charge is -2.22. The van der Waals surface area contributed by atoms with Gasteiger partial charge in [-0.1, -0.05) is 18.2 Å². The fraction of sp³-hybridized carbons (Fsp3) is 0.200. The van der Waals surface area contributed by atoms with Gasteiger partial charge in [0.1, 0.15) is 6.61 Å². The molecule has 1 aliphatic heterocycles. The number of nitrogens with zero attached hydrogens (tertiary/aromatic N) is 1. The zero-order valence-corrected chi connectivity index (χ0v) is 7.92. The Morgan fingerprint density at radius 2 is 2.13 bits per heavy atom. The summed E-state index contributed by atoms with van der Waals surface area (Å²) in [6.07, 6.45) is -0.0663. The Bertz CT molecular complexity index is 366. The first kappa shape index (κ1) is 9.67. The summed E-state index contributed by atoms with van der Waals surface area (Å²) in [5.74, 6) is -0.220. The Balaban J connectivity index is 2.18. The first-order valence-electron chi connectivity index (χ1n) is 4.51. The maximum atomic E-state index is 10.9. The van der Waals surface area contributed by atoms with Crippen LogP contribution in [0.4, 0.5) is 5.69 Å². The number of nitrogens with one attached hydrogen (secondary N) is 1. The molecular weight excluding hydrogens is 196 g/mol. The average Bonchev–Trinajstić information content (AvgIpc) is 2.68. The normalized spacial score (nSPS) is 19.7. The molecule has 1 fully saturated rings. The minimum absolute atomic E-state index is 0.0121. The van der Waals surface area contributed by atoms with Crippen LogP contribution in [-0.2, 0) is 14.3 Å². The van der Waals surface area contributed by atoms with Crippen LogP contribution in [-0.4, -0.2) is 25.3 Å². The first-order chi connectivity index (χ1) is 7.31. The third kappa shape index (κ3) is 1.97. The SMILES string of the molecule is O=CN(c1ccccc1)C1NC(=O)CO1. The molecule has 0 spiro atoms. The highest BCUT2D eigenvalue weighted by Gasteiger charge is 2.27. The van der Waals surface area contributed by atoms with Crippen molar-refractivity contribution < 1.29 is 14.3 Å². The number of rotatable bonds is 3. The van der Waals surface area contributed by atoms with Gasteiger partial charge in [0.25, 0.3) is 0 Å². The maximum Gasteiger partial charge on any atom is 0.249 e. The predicted octanol–water partition coefficient (Wildman–Crippen LogP) is 0.0794. The summed E-state index contributed by atoms with van der Waals surface area (Å²) in [4.78, 5) is 23.1. The summed E-state index contributed by atoms with van der Waals surface area (Å²) in [5.41, 5.74) is 0.680. The van der Waals surface area contributed by atoms with Crippen LogP contribution in [0, 0.1) is 0 Å². The van der Waals surface area contributed by atoms with Gasteiger partial charge in [-0.05, 0) is 12.1 Å². The van der Waals surface area contributed by atoms with Gasteiger partial charge in [0, 0.05) is 5.69 Å². The van der Waals surface area contributed by atoms with E-state index in [4.69, 9.17) is 4.74 Å². The smallest absolute Gasteiger partial charge is 0.249 e. The lowest BCUT2D eigenvalue weighted by atomic mass is 10.3. The van der Waals surface area contributed by atoms with E-state index >= 15 is 0 Å². The zero-order chi connectivity index (χ0) is 10.7. The van der Waals surface area contributed by atoms with Crippen LogP contribution in [0.2, 0.25) is 0 Å². The minimum Gasteiger partial charge on any atom is -0.330 e. The molecule has 1 atom stereocenters. The largest absolute Gasteiger partial charge is 0.330 e. The fourth-order valence-corrected chi connectivity index (χ4v) is 1.38. The second kappa shape index (κ2) is 4.10. The van der Waals surface area contributed by atoms with Crippen LogP contribution in [0.1, 0.15) is 0 Å². The molecule has 1 aromatic rings. The molecule has 1 aliphatic rings. The number of benzene rings is 1. The van der Waals surface area contributed by atoms with E-state index < -0.39 is 6.35 Å². The lowest BCUT2D eigenvalue weighted by Crippen LogP contribution is -2.43. The van der Waals surface area contributed by atoms with E-state index in [-0.39, 0.29) is 12.5 Å². The molecule has 78 valence electrons. The molecular formula is C10H10N2O3. The molecule has 0 aliphatic carbocycles.